The van der Waals surface area contributed by atoms with Crippen molar-refractivity contribution in [2.24, 2.45) is 13.0 Å². The molecule has 5 rings (SSSR count). The smallest absolute Gasteiger partial charge is 0.273 e. The SMILES string of the molecule is [2H]C([2H])([2H])NC(=O)c1nnc(NC(=O)C2CC2)cc1Nc1ncc(Cl)c2c1N(C)[C@H](C)c1nn(C)nc1-2. The number of carbonyl (C=O) groups excluding carboxylic acids is 2. The molecule has 0 saturated heterocycles. The summed E-state index contributed by atoms with van der Waals surface area (Å²) in [5, 5.41) is 24.8. The van der Waals surface area contributed by atoms with Crippen LogP contribution in [-0.2, 0) is 11.8 Å². The molecular formula is C21H23ClN10O2. The van der Waals surface area contributed by atoms with E-state index >= 15 is 0 Å². The summed E-state index contributed by atoms with van der Waals surface area (Å²) in [5.41, 5.74) is 2.33. The number of amides is 2. The average Bonchev–Trinajstić information content (AvgIpc) is 3.59. The van der Waals surface area contributed by atoms with E-state index in [0.717, 1.165) is 18.5 Å². The largest absolute Gasteiger partial charge is 0.363 e. The topological polar surface area (TPSA) is 143 Å². The van der Waals surface area contributed by atoms with Crippen molar-refractivity contribution in [2.75, 3.05) is 29.6 Å². The number of aryl methyl sites for hydroxylation is 1. The van der Waals surface area contributed by atoms with Gasteiger partial charge in [0, 0.05) is 43.4 Å². The van der Waals surface area contributed by atoms with E-state index in [1.54, 1.807) is 7.05 Å². The Morgan fingerprint density at radius 2 is 2.03 bits per heavy atom. The van der Waals surface area contributed by atoms with E-state index in [4.69, 9.17) is 15.7 Å². The summed E-state index contributed by atoms with van der Waals surface area (Å²) in [6.07, 6.45) is 3.02. The molecule has 0 aromatic carbocycles. The lowest BCUT2D eigenvalue weighted by molar-refractivity contribution is -0.117. The van der Waals surface area contributed by atoms with Gasteiger partial charge in [-0.05, 0) is 19.8 Å². The predicted octanol–water partition coefficient (Wildman–Crippen LogP) is 2.28. The Hall–Kier alpha value is -3.80. The summed E-state index contributed by atoms with van der Waals surface area (Å²) in [4.78, 5) is 32.9. The number of anilines is 4. The molecule has 2 aliphatic rings. The molecule has 1 saturated carbocycles. The van der Waals surface area contributed by atoms with E-state index in [2.05, 4.69) is 36.0 Å². The Kier molecular flexibility index (Phi) is 4.49. The fourth-order valence-electron chi connectivity index (χ4n) is 3.87. The Morgan fingerprint density at radius 1 is 1.24 bits per heavy atom. The van der Waals surface area contributed by atoms with E-state index in [1.807, 2.05) is 24.2 Å². The van der Waals surface area contributed by atoms with Gasteiger partial charge in [0.15, 0.2) is 17.3 Å². The van der Waals surface area contributed by atoms with E-state index in [-0.39, 0.29) is 35.1 Å². The maximum absolute atomic E-state index is 12.8. The fourth-order valence-corrected chi connectivity index (χ4v) is 4.10. The molecular weight excluding hydrogens is 460 g/mol. The molecule has 1 aliphatic heterocycles. The molecule has 2 amide bonds. The van der Waals surface area contributed by atoms with Crippen LogP contribution in [0.15, 0.2) is 12.3 Å². The molecule has 1 aliphatic carbocycles. The molecule has 1 atom stereocenters. The number of carbonyl (C=O) groups is 2. The van der Waals surface area contributed by atoms with Gasteiger partial charge >= 0.3 is 0 Å². The number of hydrogen-bond donors (Lipinski definition) is 3. The van der Waals surface area contributed by atoms with Crippen LogP contribution in [-0.4, -0.2) is 56.0 Å². The number of nitrogens with one attached hydrogen (secondary N) is 3. The highest BCUT2D eigenvalue weighted by molar-refractivity contribution is 6.34. The molecule has 4 heterocycles. The summed E-state index contributed by atoms with van der Waals surface area (Å²) in [6.45, 7) is -0.791. The maximum atomic E-state index is 12.8. The summed E-state index contributed by atoms with van der Waals surface area (Å²) in [6, 6.07) is 1.23. The normalized spacial score (nSPS) is 18.2. The highest BCUT2D eigenvalue weighted by Gasteiger charge is 2.35. The van der Waals surface area contributed by atoms with Crippen molar-refractivity contribution < 1.29 is 13.7 Å². The number of rotatable bonds is 5. The summed E-state index contributed by atoms with van der Waals surface area (Å²) >= 11 is 6.55. The maximum Gasteiger partial charge on any atom is 0.273 e. The van der Waals surface area contributed by atoms with Gasteiger partial charge in [-0.15, -0.1) is 10.2 Å². The van der Waals surface area contributed by atoms with Crippen LogP contribution in [0.1, 0.15) is 46.1 Å². The van der Waals surface area contributed by atoms with Gasteiger partial charge in [-0.2, -0.15) is 15.0 Å². The Morgan fingerprint density at radius 3 is 2.76 bits per heavy atom. The monoisotopic (exact) mass is 485 g/mol. The third-order valence-corrected chi connectivity index (χ3v) is 6.17. The van der Waals surface area contributed by atoms with Gasteiger partial charge in [-0.1, -0.05) is 11.6 Å². The molecule has 3 aromatic heterocycles. The first-order chi connectivity index (χ1) is 17.4. The molecule has 1 fully saturated rings. The van der Waals surface area contributed by atoms with Crippen molar-refractivity contribution in [3.8, 4) is 11.3 Å². The van der Waals surface area contributed by atoms with Gasteiger partial charge in [0.25, 0.3) is 5.91 Å². The molecule has 0 radical (unpaired) electrons. The first-order valence-corrected chi connectivity index (χ1v) is 10.9. The Bertz CT molecular complexity index is 1420. The summed E-state index contributed by atoms with van der Waals surface area (Å²) in [7, 11) is 3.56. The van der Waals surface area contributed by atoms with E-state index in [1.165, 1.54) is 17.1 Å². The third-order valence-electron chi connectivity index (χ3n) is 5.89. The molecule has 3 N–H and O–H groups in total. The minimum atomic E-state index is -2.75. The van der Waals surface area contributed by atoms with E-state index < -0.39 is 12.9 Å². The van der Waals surface area contributed by atoms with E-state index in [9.17, 15) is 9.59 Å². The number of pyridine rings is 1. The van der Waals surface area contributed by atoms with Gasteiger partial charge in [-0.25, -0.2) is 4.98 Å². The minimum Gasteiger partial charge on any atom is -0.363 e. The van der Waals surface area contributed by atoms with Crippen LogP contribution in [0.3, 0.4) is 0 Å². The minimum absolute atomic E-state index is 0.0852. The quantitative estimate of drug-likeness (QED) is 0.495. The average molecular weight is 486 g/mol. The van der Waals surface area contributed by atoms with Crippen LogP contribution in [0.2, 0.25) is 5.02 Å². The second kappa shape index (κ2) is 8.20. The van der Waals surface area contributed by atoms with Crippen molar-refractivity contribution in [3.63, 3.8) is 0 Å². The molecule has 12 nitrogen and oxygen atoms in total. The summed E-state index contributed by atoms with van der Waals surface area (Å²) in [5.74, 6) is -0.856. The highest BCUT2D eigenvalue weighted by Crippen LogP contribution is 2.48. The molecule has 34 heavy (non-hydrogen) atoms. The third kappa shape index (κ3) is 3.69. The van der Waals surface area contributed by atoms with Crippen molar-refractivity contribution in [3.05, 3.63) is 28.7 Å². The second-order valence-corrected chi connectivity index (χ2v) is 8.63. The molecule has 0 unspecified atom stereocenters. The number of fused-ring (bicyclic) bond motifs is 3. The van der Waals surface area contributed by atoms with Crippen LogP contribution in [0.25, 0.3) is 11.3 Å². The van der Waals surface area contributed by atoms with Crippen LogP contribution in [0, 0.1) is 5.92 Å². The number of halogens is 1. The Balaban J connectivity index is 1.59. The first kappa shape index (κ1) is 18.6. The van der Waals surface area contributed by atoms with Gasteiger partial charge in [-0.3, -0.25) is 9.59 Å². The molecule has 0 spiro atoms. The van der Waals surface area contributed by atoms with Gasteiger partial charge in [0.05, 0.1) is 28.0 Å². The first-order valence-electron chi connectivity index (χ1n) is 12.0. The fraction of sp³-hybridized carbons (Fsp3) is 0.381. The molecule has 176 valence electrons. The van der Waals surface area contributed by atoms with Crippen molar-refractivity contribution in [1.29, 1.82) is 0 Å². The van der Waals surface area contributed by atoms with Crippen LogP contribution >= 0.6 is 11.6 Å². The van der Waals surface area contributed by atoms with E-state index in [0.29, 0.717) is 27.8 Å². The second-order valence-electron chi connectivity index (χ2n) is 8.22. The van der Waals surface area contributed by atoms with Gasteiger partial charge in [0.2, 0.25) is 5.91 Å². The molecule has 3 aromatic rings. The van der Waals surface area contributed by atoms with Crippen LogP contribution in [0.5, 0.6) is 0 Å². The number of aromatic nitrogens is 6. The lowest BCUT2D eigenvalue weighted by Gasteiger charge is -2.33. The predicted molar refractivity (Wildman–Crippen MR) is 126 cm³/mol. The standard InChI is InChI=1S/C21H23ClN10O2/c1-9-15-17(30-32(4)29-15)14-11(22)8-24-19(18(14)31(9)3)25-12-7-13(26-20(33)10-5-6-10)27-28-16(12)21(34)23-2/h7-10H,5-6H2,1-4H3,(H,23,34)(H2,24,25,26,27,33)/t9-/m1/s1/i2D3. The summed E-state index contributed by atoms with van der Waals surface area (Å²) < 4.78 is 22.2. The molecule has 13 heteroatoms. The Labute approximate surface area is 204 Å². The molecule has 0 bridgehead atoms. The zero-order valence-electron chi connectivity index (χ0n) is 21.5. The van der Waals surface area contributed by atoms with Gasteiger partial charge in [0.1, 0.15) is 11.4 Å². The van der Waals surface area contributed by atoms with Crippen molar-refractivity contribution in [1.82, 2.24) is 35.5 Å². The number of nitrogens with zero attached hydrogens (tertiary/aromatic N) is 7. The lowest BCUT2D eigenvalue weighted by atomic mass is 9.98. The zero-order chi connectivity index (χ0) is 26.6. The van der Waals surface area contributed by atoms with Crippen molar-refractivity contribution in [2.45, 2.75) is 25.8 Å². The lowest BCUT2D eigenvalue weighted by Crippen LogP contribution is -2.28. The number of hydrogen-bond acceptors (Lipinski definition) is 9. The highest BCUT2D eigenvalue weighted by atomic mass is 35.5. The van der Waals surface area contributed by atoms with Crippen LogP contribution < -0.4 is 20.9 Å². The van der Waals surface area contributed by atoms with Crippen molar-refractivity contribution >= 4 is 46.4 Å². The zero-order valence-corrected chi connectivity index (χ0v) is 19.3. The van der Waals surface area contributed by atoms with Crippen LogP contribution in [0.4, 0.5) is 23.0 Å². The van der Waals surface area contributed by atoms with Gasteiger partial charge < -0.3 is 20.9 Å².